The zero-order valence-corrected chi connectivity index (χ0v) is 11.7. The molecule has 106 valence electrons. The van der Waals surface area contributed by atoms with Gasteiger partial charge in [0, 0.05) is 5.92 Å². The maximum Gasteiger partial charge on any atom is 0.250 e. The van der Waals surface area contributed by atoms with E-state index in [0.717, 1.165) is 32.1 Å². The van der Waals surface area contributed by atoms with Gasteiger partial charge in [0.1, 0.15) is 0 Å². The average molecular weight is 271 g/mol. The molecule has 1 aromatic carbocycles. The van der Waals surface area contributed by atoms with Crippen LogP contribution in [-0.4, -0.2) is 11.8 Å². The number of aryl methyl sites for hydroxylation is 1. The molecule has 0 saturated carbocycles. The highest BCUT2D eigenvalue weighted by Crippen LogP contribution is 2.17. The molecular formula is C17H21NO2. The second-order valence-corrected chi connectivity index (χ2v) is 5.27. The number of amides is 2. The zero-order valence-electron chi connectivity index (χ0n) is 11.7. The Morgan fingerprint density at radius 2 is 1.85 bits per heavy atom. The second-order valence-electron chi connectivity index (χ2n) is 5.27. The summed E-state index contributed by atoms with van der Waals surface area (Å²) in [6, 6.07) is 10.5. The smallest absolute Gasteiger partial charge is 0.250 e. The minimum Gasteiger partial charge on any atom is -0.293 e. The number of rotatable bonds is 6. The summed E-state index contributed by atoms with van der Waals surface area (Å²) in [5, 5.41) is 2.39. The average Bonchev–Trinajstić information content (AvgIpc) is 2.61. The summed E-state index contributed by atoms with van der Waals surface area (Å²) in [7, 11) is 0. The molecule has 0 aliphatic carbocycles. The normalized spacial score (nSPS) is 18.7. The van der Waals surface area contributed by atoms with E-state index < -0.39 is 0 Å². The number of hydrogen-bond donors (Lipinski definition) is 1. The molecule has 3 heteroatoms. The molecule has 1 aliphatic rings. The lowest BCUT2D eigenvalue weighted by molar-refractivity contribution is -0.130. The van der Waals surface area contributed by atoms with Gasteiger partial charge in [-0.2, -0.15) is 0 Å². The summed E-state index contributed by atoms with van der Waals surface area (Å²) in [5.41, 5.74) is 1.37. The fourth-order valence-corrected chi connectivity index (χ4v) is 2.50. The first-order chi connectivity index (χ1) is 9.75. The van der Waals surface area contributed by atoms with Crippen LogP contribution in [0.5, 0.6) is 0 Å². The molecule has 20 heavy (non-hydrogen) atoms. The van der Waals surface area contributed by atoms with Gasteiger partial charge in [-0.1, -0.05) is 49.2 Å². The van der Waals surface area contributed by atoms with E-state index in [0.29, 0.717) is 6.42 Å². The minimum atomic E-state index is -0.290. The molecular weight excluding hydrogens is 250 g/mol. The van der Waals surface area contributed by atoms with E-state index in [1.54, 1.807) is 6.08 Å². The molecule has 0 spiro atoms. The van der Waals surface area contributed by atoms with Crippen molar-refractivity contribution in [1.29, 1.82) is 0 Å². The molecule has 0 bridgehead atoms. The van der Waals surface area contributed by atoms with Gasteiger partial charge in [0.15, 0.2) is 0 Å². The van der Waals surface area contributed by atoms with Gasteiger partial charge < -0.3 is 0 Å². The Bertz CT molecular complexity index is 479. The van der Waals surface area contributed by atoms with Crippen LogP contribution in [0.3, 0.4) is 0 Å². The Hall–Kier alpha value is -1.90. The van der Waals surface area contributed by atoms with Gasteiger partial charge in [0.25, 0.3) is 0 Å². The lowest BCUT2D eigenvalue weighted by atomic mass is 9.96. The third kappa shape index (κ3) is 4.65. The summed E-state index contributed by atoms with van der Waals surface area (Å²) in [4.78, 5) is 22.9. The molecule has 2 rings (SSSR count). The minimum absolute atomic E-state index is 0.0468. The predicted molar refractivity (Wildman–Crippen MR) is 79.0 cm³/mol. The lowest BCUT2D eigenvalue weighted by Crippen LogP contribution is -2.32. The van der Waals surface area contributed by atoms with Gasteiger partial charge in [-0.3, -0.25) is 14.9 Å². The van der Waals surface area contributed by atoms with E-state index in [-0.39, 0.29) is 17.7 Å². The number of carbonyl (C=O) groups is 2. The lowest BCUT2D eigenvalue weighted by Gasteiger charge is -2.11. The molecule has 1 atom stereocenters. The van der Waals surface area contributed by atoms with E-state index in [2.05, 4.69) is 29.6 Å². The van der Waals surface area contributed by atoms with E-state index in [4.69, 9.17) is 0 Å². The molecule has 1 heterocycles. The van der Waals surface area contributed by atoms with E-state index in [1.807, 2.05) is 6.07 Å². The van der Waals surface area contributed by atoms with Crippen LogP contribution < -0.4 is 5.32 Å². The Balaban J connectivity index is 1.64. The third-order valence-corrected chi connectivity index (χ3v) is 3.67. The van der Waals surface area contributed by atoms with Crippen molar-refractivity contribution in [2.24, 2.45) is 5.92 Å². The number of hydrogen-bond acceptors (Lipinski definition) is 2. The van der Waals surface area contributed by atoms with Crippen LogP contribution >= 0.6 is 0 Å². The molecule has 2 amide bonds. The molecule has 0 aromatic heterocycles. The number of allylic oxidation sites excluding steroid dienone is 1. The number of carbonyl (C=O) groups excluding carboxylic acids is 2. The summed E-state index contributed by atoms with van der Waals surface area (Å²) < 4.78 is 0. The van der Waals surface area contributed by atoms with Crippen molar-refractivity contribution in [3.8, 4) is 0 Å². The molecule has 1 aromatic rings. The summed E-state index contributed by atoms with van der Waals surface area (Å²) in [5.74, 6) is -0.459. The molecule has 0 unspecified atom stereocenters. The molecule has 1 aliphatic heterocycles. The van der Waals surface area contributed by atoms with Gasteiger partial charge in [-0.05, 0) is 37.3 Å². The zero-order chi connectivity index (χ0) is 14.2. The number of nitrogens with one attached hydrogen (secondary N) is 1. The van der Waals surface area contributed by atoms with Crippen molar-refractivity contribution in [3.05, 3.63) is 48.0 Å². The second kappa shape index (κ2) is 7.63. The summed E-state index contributed by atoms with van der Waals surface area (Å²) in [6.45, 7) is 0. The van der Waals surface area contributed by atoms with E-state index in [9.17, 15) is 9.59 Å². The highest BCUT2D eigenvalue weighted by molar-refractivity contribution is 6.02. The third-order valence-electron chi connectivity index (χ3n) is 3.67. The Morgan fingerprint density at radius 3 is 2.65 bits per heavy atom. The number of imide groups is 1. The molecule has 0 radical (unpaired) electrons. The Kier molecular flexibility index (Phi) is 5.54. The molecule has 3 nitrogen and oxygen atoms in total. The van der Waals surface area contributed by atoms with Crippen LogP contribution in [0.15, 0.2) is 42.5 Å². The largest absolute Gasteiger partial charge is 0.293 e. The van der Waals surface area contributed by atoms with E-state index in [1.165, 1.54) is 11.6 Å². The van der Waals surface area contributed by atoms with Crippen LogP contribution in [0.25, 0.3) is 0 Å². The fraction of sp³-hybridized carbons (Fsp3) is 0.412. The van der Waals surface area contributed by atoms with Crippen LogP contribution in [-0.2, 0) is 16.0 Å². The van der Waals surface area contributed by atoms with Crippen molar-refractivity contribution in [3.63, 3.8) is 0 Å². The first kappa shape index (κ1) is 14.5. The summed E-state index contributed by atoms with van der Waals surface area (Å²) in [6.07, 6.45) is 9.18. The van der Waals surface area contributed by atoms with Crippen molar-refractivity contribution in [2.45, 2.75) is 38.5 Å². The maximum atomic E-state index is 11.7. The van der Waals surface area contributed by atoms with Crippen molar-refractivity contribution in [2.75, 3.05) is 0 Å². The SMILES string of the molecule is O=C1C=CC[C@@H](CCCCCc2ccccc2)C(=O)N1. The monoisotopic (exact) mass is 271 g/mol. The fourth-order valence-electron chi connectivity index (χ4n) is 2.50. The van der Waals surface area contributed by atoms with Crippen LogP contribution in [0, 0.1) is 5.92 Å². The standard InChI is InChI=1S/C17H21NO2/c19-16-13-7-12-15(17(20)18-16)11-6-2-5-10-14-8-3-1-4-9-14/h1,3-4,7-9,13,15H,2,5-6,10-12H2,(H,18,19,20)/t15-/m1/s1. The van der Waals surface area contributed by atoms with Crippen molar-refractivity contribution >= 4 is 11.8 Å². The summed E-state index contributed by atoms with van der Waals surface area (Å²) >= 11 is 0. The maximum absolute atomic E-state index is 11.7. The van der Waals surface area contributed by atoms with Crippen molar-refractivity contribution < 1.29 is 9.59 Å². The molecule has 0 fully saturated rings. The molecule has 1 N–H and O–H groups in total. The highest BCUT2D eigenvalue weighted by atomic mass is 16.2. The topological polar surface area (TPSA) is 46.2 Å². The first-order valence-corrected chi connectivity index (χ1v) is 7.31. The van der Waals surface area contributed by atoms with E-state index >= 15 is 0 Å². The molecule has 0 saturated heterocycles. The van der Waals surface area contributed by atoms with Gasteiger partial charge in [-0.15, -0.1) is 0 Å². The Morgan fingerprint density at radius 1 is 1.05 bits per heavy atom. The Labute approximate surface area is 120 Å². The quantitative estimate of drug-likeness (QED) is 0.638. The van der Waals surface area contributed by atoms with Crippen LogP contribution in [0.1, 0.15) is 37.7 Å². The predicted octanol–water partition coefficient (Wildman–Crippen LogP) is 3.01. The first-order valence-electron chi connectivity index (χ1n) is 7.31. The van der Waals surface area contributed by atoms with Gasteiger partial charge in [-0.25, -0.2) is 0 Å². The van der Waals surface area contributed by atoms with Crippen LogP contribution in [0.4, 0.5) is 0 Å². The van der Waals surface area contributed by atoms with Crippen LogP contribution in [0.2, 0.25) is 0 Å². The highest BCUT2D eigenvalue weighted by Gasteiger charge is 2.20. The van der Waals surface area contributed by atoms with Gasteiger partial charge in [0.2, 0.25) is 11.8 Å². The van der Waals surface area contributed by atoms with Gasteiger partial charge >= 0.3 is 0 Å². The number of unbranched alkanes of at least 4 members (excludes halogenated alkanes) is 2. The van der Waals surface area contributed by atoms with Gasteiger partial charge in [0.05, 0.1) is 0 Å². The van der Waals surface area contributed by atoms with Crippen molar-refractivity contribution in [1.82, 2.24) is 5.32 Å². The number of benzene rings is 1.